The van der Waals surface area contributed by atoms with Crippen LogP contribution in [0.15, 0.2) is 36.4 Å². The second kappa shape index (κ2) is 6.32. The zero-order valence-electron chi connectivity index (χ0n) is 10.9. The minimum absolute atomic E-state index is 0.0441. The highest BCUT2D eigenvalue weighted by atomic mass is 19.2. The van der Waals surface area contributed by atoms with Gasteiger partial charge in [0.2, 0.25) is 0 Å². The Hall–Kier alpha value is -2.17. The third-order valence-corrected chi connectivity index (χ3v) is 2.92. The van der Waals surface area contributed by atoms with Gasteiger partial charge in [0, 0.05) is 6.54 Å². The third kappa shape index (κ3) is 3.23. The number of rotatable bonds is 5. The summed E-state index contributed by atoms with van der Waals surface area (Å²) in [6.45, 7) is 0.411. The Kier molecular flexibility index (Phi) is 4.50. The highest BCUT2D eigenvalue weighted by Gasteiger charge is 2.12. The summed E-state index contributed by atoms with van der Waals surface area (Å²) in [6.07, 6.45) is 0.627. The lowest BCUT2D eigenvalue weighted by Crippen LogP contribution is -2.07. The summed E-state index contributed by atoms with van der Waals surface area (Å²) in [4.78, 5) is 0. The predicted molar refractivity (Wildman–Crippen MR) is 71.5 cm³/mol. The molecule has 2 aromatic rings. The Labute approximate surface area is 115 Å². The maximum Gasteiger partial charge on any atom is 0.196 e. The van der Waals surface area contributed by atoms with E-state index in [9.17, 15) is 13.2 Å². The first-order valence-electron chi connectivity index (χ1n) is 6.12. The molecule has 2 rings (SSSR count). The second-order valence-corrected chi connectivity index (χ2v) is 4.25. The number of hydrogen-bond donors (Lipinski definition) is 1. The molecule has 2 aromatic carbocycles. The summed E-state index contributed by atoms with van der Waals surface area (Å²) < 4.78 is 44.2. The lowest BCUT2D eigenvalue weighted by Gasteiger charge is -2.09. The van der Waals surface area contributed by atoms with Crippen molar-refractivity contribution < 1.29 is 17.9 Å². The molecular weight excluding hydrogens is 267 g/mol. The minimum atomic E-state index is -1.46. The van der Waals surface area contributed by atoms with Gasteiger partial charge in [0.15, 0.2) is 17.5 Å². The van der Waals surface area contributed by atoms with Gasteiger partial charge in [-0.25, -0.2) is 13.2 Å². The fraction of sp³-hybridized carbons (Fsp3) is 0.200. The summed E-state index contributed by atoms with van der Waals surface area (Å²) in [6, 6.07) is 9.51. The predicted octanol–water partition coefficient (Wildman–Crippen LogP) is 3.77. The molecule has 0 aliphatic carbocycles. The Bertz CT molecular complexity index is 584. The first kappa shape index (κ1) is 14.2. The van der Waals surface area contributed by atoms with Crippen molar-refractivity contribution in [1.29, 1.82) is 0 Å². The van der Waals surface area contributed by atoms with E-state index in [2.05, 4.69) is 5.32 Å². The van der Waals surface area contributed by atoms with Crippen molar-refractivity contribution in [2.75, 3.05) is 19.0 Å². The maximum atomic E-state index is 13.4. The van der Waals surface area contributed by atoms with Crippen LogP contribution in [0.25, 0.3) is 0 Å². The van der Waals surface area contributed by atoms with Crippen molar-refractivity contribution >= 4 is 5.69 Å². The molecule has 0 amide bonds. The van der Waals surface area contributed by atoms with Crippen molar-refractivity contribution in [1.82, 2.24) is 0 Å². The van der Waals surface area contributed by atoms with Crippen LogP contribution in [-0.4, -0.2) is 13.7 Å². The van der Waals surface area contributed by atoms with E-state index in [1.807, 2.05) is 24.3 Å². The largest absolute Gasteiger partial charge is 0.497 e. The Balaban J connectivity index is 1.94. The normalized spacial score (nSPS) is 10.4. The molecule has 0 bridgehead atoms. The fourth-order valence-electron chi connectivity index (χ4n) is 1.80. The molecule has 0 atom stereocenters. The van der Waals surface area contributed by atoms with Gasteiger partial charge in [-0.1, -0.05) is 12.1 Å². The van der Waals surface area contributed by atoms with Crippen molar-refractivity contribution in [3.05, 3.63) is 59.4 Å². The molecule has 0 unspecified atom stereocenters. The first-order valence-corrected chi connectivity index (χ1v) is 6.12. The Morgan fingerprint density at radius 1 is 0.950 bits per heavy atom. The summed E-state index contributed by atoms with van der Waals surface area (Å²) in [5.74, 6) is -3.09. The number of hydrogen-bond acceptors (Lipinski definition) is 2. The molecule has 0 fully saturated rings. The van der Waals surface area contributed by atoms with Crippen molar-refractivity contribution in [2.24, 2.45) is 0 Å². The van der Waals surface area contributed by atoms with Crippen molar-refractivity contribution in [2.45, 2.75) is 6.42 Å². The van der Waals surface area contributed by atoms with Crippen LogP contribution in [0.5, 0.6) is 5.75 Å². The molecule has 0 heterocycles. The average molecular weight is 281 g/mol. The van der Waals surface area contributed by atoms with E-state index in [0.717, 1.165) is 17.4 Å². The van der Waals surface area contributed by atoms with Crippen LogP contribution in [0.3, 0.4) is 0 Å². The zero-order valence-corrected chi connectivity index (χ0v) is 10.9. The van der Waals surface area contributed by atoms with Crippen LogP contribution in [0.1, 0.15) is 5.56 Å². The van der Waals surface area contributed by atoms with Gasteiger partial charge in [-0.3, -0.25) is 0 Å². The summed E-state index contributed by atoms with van der Waals surface area (Å²) in [5, 5.41) is 2.75. The summed E-state index contributed by atoms with van der Waals surface area (Å²) >= 11 is 0. The smallest absolute Gasteiger partial charge is 0.196 e. The van der Waals surface area contributed by atoms with Crippen LogP contribution in [0.4, 0.5) is 18.9 Å². The number of ether oxygens (including phenoxy) is 1. The SMILES string of the molecule is COc1ccc(CCNc2ccc(F)c(F)c2F)cc1. The molecule has 0 radical (unpaired) electrons. The lowest BCUT2D eigenvalue weighted by molar-refractivity contribution is 0.414. The molecule has 0 spiro atoms. The molecule has 0 saturated carbocycles. The van der Waals surface area contributed by atoms with Crippen LogP contribution < -0.4 is 10.1 Å². The van der Waals surface area contributed by atoms with Crippen LogP contribution >= 0.6 is 0 Å². The standard InChI is InChI=1S/C15H14F3NO/c1-20-11-4-2-10(3-5-11)8-9-19-13-7-6-12(16)14(17)15(13)18/h2-7,19H,8-9H2,1H3. The van der Waals surface area contributed by atoms with Gasteiger partial charge in [-0.2, -0.15) is 0 Å². The van der Waals surface area contributed by atoms with E-state index in [4.69, 9.17) is 4.74 Å². The van der Waals surface area contributed by atoms with Crippen molar-refractivity contribution in [3.63, 3.8) is 0 Å². The van der Waals surface area contributed by atoms with E-state index >= 15 is 0 Å². The van der Waals surface area contributed by atoms with Gasteiger partial charge in [0.25, 0.3) is 0 Å². The molecule has 1 N–H and O–H groups in total. The maximum absolute atomic E-state index is 13.4. The van der Waals surface area contributed by atoms with Gasteiger partial charge in [0.1, 0.15) is 5.75 Å². The molecule has 0 saturated heterocycles. The fourth-order valence-corrected chi connectivity index (χ4v) is 1.80. The molecule has 0 aliphatic heterocycles. The minimum Gasteiger partial charge on any atom is -0.497 e. The summed E-state index contributed by atoms with van der Waals surface area (Å²) in [5.41, 5.74) is 0.985. The van der Waals surface area contributed by atoms with E-state index < -0.39 is 17.5 Å². The lowest BCUT2D eigenvalue weighted by atomic mass is 10.1. The van der Waals surface area contributed by atoms with Gasteiger partial charge < -0.3 is 10.1 Å². The van der Waals surface area contributed by atoms with Gasteiger partial charge in [-0.15, -0.1) is 0 Å². The Morgan fingerprint density at radius 3 is 2.30 bits per heavy atom. The number of anilines is 1. The summed E-state index contributed by atoms with van der Waals surface area (Å²) in [7, 11) is 1.59. The van der Waals surface area contributed by atoms with Crippen molar-refractivity contribution in [3.8, 4) is 5.75 Å². The molecule has 0 aliphatic rings. The van der Waals surface area contributed by atoms with Gasteiger partial charge in [-0.05, 0) is 36.2 Å². The highest BCUT2D eigenvalue weighted by molar-refractivity contribution is 5.45. The molecule has 2 nitrogen and oxygen atoms in total. The number of methoxy groups -OCH3 is 1. The number of nitrogens with one attached hydrogen (secondary N) is 1. The molecule has 106 valence electrons. The molecule has 5 heteroatoms. The molecule has 20 heavy (non-hydrogen) atoms. The average Bonchev–Trinajstić information content (AvgIpc) is 2.48. The Morgan fingerprint density at radius 2 is 1.65 bits per heavy atom. The first-order chi connectivity index (χ1) is 9.61. The van der Waals surface area contributed by atoms with Gasteiger partial charge >= 0.3 is 0 Å². The number of halogens is 3. The topological polar surface area (TPSA) is 21.3 Å². The van der Waals surface area contributed by atoms with Crippen LogP contribution in [0, 0.1) is 17.5 Å². The van der Waals surface area contributed by atoms with Gasteiger partial charge in [0.05, 0.1) is 12.8 Å². The van der Waals surface area contributed by atoms with E-state index in [0.29, 0.717) is 13.0 Å². The van der Waals surface area contributed by atoms with E-state index in [1.54, 1.807) is 7.11 Å². The van der Waals surface area contributed by atoms with E-state index in [-0.39, 0.29) is 5.69 Å². The van der Waals surface area contributed by atoms with E-state index in [1.165, 1.54) is 6.07 Å². The second-order valence-electron chi connectivity index (χ2n) is 4.25. The molecule has 0 aromatic heterocycles. The quantitative estimate of drug-likeness (QED) is 0.842. The monoisotopic (exact) mass is 281 g/mol. The number of benzene rings is 2. The van der Waals surface area contributed by atoms with Crippen LogP contribution in [0.2, 0.25) is 0 Å². The zero-order chi connectivity index (χ0) is 14.5. The molecular formula is C15H14F3NO. The van der Waals surface area contributed by atoms with Crippen LogP contribution in [-0.2, 0) is 6.42 Å². The third-order valence-electron chi connectivity index (χ3n) is 2.92. The highest BCUT2D eigenvalue weighted by Crippen LogP contribution is 2.19.